The largest absolute Gasteiger partial charge is 0.503 e. The SMILES string of the molecule is O=C(C1=C(O)C(=O)N(C[C@@H]2CCCO2)[C@@H]1c1ccc(Br)cc1)c1cccs1. The van der Waals surface area contributed by atoms with Crippen molar-refractivity contribution >= 4 is 39.0 Å². The van der Waals surface area contributed by atoms with Gasteiger partial charge < -0.3 is 14.7 Å². The topological polar surface area (TPSA) is 66.8 Å². The molecule has 1 aromatic carbocycles. The summed E-state index contributed by atoms with van der Waals surface area (Å²) in [6, 6.07) is 10.3. The summed E-state index contributed by atoms with van der Waals surface area (Å²) < 4.78 is 6.59. The molecule has 7 heteroatoms. The summed E-state index contributed by atoms with van der Waals surface area (Å²) in [5, 5.41) is 12.4. The van der Waals surface area contributed by atoms with Gasteiger partial charge in [-0.05, 0) is 42.0 Å². The quantitative estimate of drug-likeness (QED) is 0.694. The summed E-state index contributed by atoms with van der Waals surface area (Å²) in [5.41, 5.74) is 0.927. The number of carbonyl (C=O) groups excluding carboxylic acids is 2. The van der Waals surface area contributed by atoms with Gasteiger partial charge in [0.05, 0.1) is 22.6 Å². The third kappa shape index (κ3) is 3.47. The van der Waals surface area contributed by atoms with Crippen molar-refractivity contribution < 1.29 is 19.4 Å². The predicted molar refractivity (Wildman–Crippen MR) is 106 cm³/mol. The number of carbonyl (C=O) groups is 2. The second kappa shape index (κ2) is 7.58. The second-order valence-corrected chi connectivity index (χ2v) is 8.48. The minimum absolute atomic E-state index is 0.0733. The number of aliphatic hydroxyl groups excluding tert-OH is 1. The fraction of sp³-hybridized carbons (Fsp3) is 0.300. The number of thiophene rings is 1. The first kappa shape index (κ1) is 18.4. The lowest BCUT2D eigenvalue weighted by Crippen LogP contribution is -2.37. The van der Waals surface area contributed by atoms with Gasteiger partial charge in [0.2, 0.25) is 5.78 Å². The molecule has 2 atom stereocenters. The van der Waals surface area contributed by atoms with Gasteiger partial charge in [-0.3, -0.25) is 9.59 Å². The molecule has 1 fully saturated rings. The first-order chi connectivity index (χ1) is 13.1. The number of amides is 1. The van der Waals surface area contributed by atoms with Crippen LogP contribution in [0.4, 0.5) is 0 Å². The summed E-state index contributed by atoms with van der Waals surface area (Å²) in [7, 11) is 0. The Morgan fingerprint density at radius 2 is 2.07 bits per heavy atom. The standard InChI is InChI=1S/C20H18BrNO4S/c21-13-7-5-12(6-8-13)17-16(18(23)15-4-2-10-27-15)19(24)20(25)22(17)11-14-3-1-9-26-14/h2,4-8,10,14,17,24H,1,3,9,11H2/t14-,17+/m0/s1. The number of rotatable bonds is 5. The number of ether oxygens (including phenoxy) is 1. The first-order valence-electron chi connectivity index (χ1n) is 8.75. The van der Waals surface area contributed by atoms with Gasteiger partial charge in [0, 0.05) is 17.6 Å². The average molecular weight is 448 g/mol. The molecule has 140 valence electrons. The first-order valence-corrected chi connectivity index (χ1v) is 10.4. The third-order valence-electron chi connectivity index (χ3n) is 4.90. The molecular formula is C20H18BrNO4S. The molecule has 0 bridgehead atoms. The highest BCUT2D eigenvalue weighted by atomic mass is 79.9. The van der Waals surface area contributed by atoms with E-state index < -0.39 is 17.7 Å². The van der Waals surface area contributed by atoms with Gasteiger partial charge in [0.25, 0.3) is 5.91 Å². The molecule has 5 nitrogen and oxygen atoms in total. The van der Waals surface area contributed by atoms with Gasteiger partial charge >= 0.3 is 0 Å². The van der Waals surface area contributed by atoms with Crippen LogP contribution in [0.15, 0.2) is 57.6 Å². The molecule has 1 amide bonds. The van der Waals surface area contributed by atoms with Crippen molar-refractivity contribution in [2.24, 2.45) is 0 Å². The Morgan fingerprint density at radius 3 is 2.70 bits per heavy atom. The Balaban J connectivity index is 1.75. The van der Waals surface area contributed by atoms with Crippen molar-refractivity contribution in [2.75, 3.05) is 13.2 Å². The summed E-state index contributed by atoms with van der Waals surface area (Å²) in [5.74, 6) is -1.28. The van der Waals surface area contributed by atoms with E-state index >= 15 is 0 Å². The van der Waals surface area contributed by atoms with Crippen LogP contribution in [0.25, 0.3) is 0 Å². The fourth-order valence-electron chi connectivity index (χ4n) is 3.61. The van der Waals surface area contributed by atoms with E-state index in [4.69, 9.17) is 4.74 Å². The highest BCUT2D eigenvalue weighted by molar-refractivity contribution is 9.10. The predicted octanol–water partition coefficient (Wildman–Crippen LogP) is 4.27. The second-order valence-electron chi connectivity index (χ2n) is 6.62. The van der Waals surface area contributed by atoms with E-state index in [1.807, 2.05) is 24.3 Å². The van der Waals surface area contributed by atoms with Crippen molar-refractivity contribution in [3.8, 4) is 0 Å². The van der Waals surface area contributed by atoms with Gasteiger partial charge in [-0.1, -0.05) is 34.1 Å². The number of hydrogen-bond acceptors (Lipinski definition) is 5. The smallest absolute Gasteiger partial charge is 0.290 e. The number of halogens is 1. The lowest BCUT2D eigenvalue weighted by atomic mass is 9.95. The maximum Gasteiger partial charge on any atom is 0.290 e. The summed E-state index contributed by atoms with van der Waals surface area (Å²) in [4.78, 5) is 28.0. The van der Waals surface area contributed by atoms with E-state index in [9.17, 15) is 14.7 Å². The van der Waals surface area contributed by atoms with Crippen molar-refractivity contribution in [2.45, 2.75) is 25.0 Å². The van der Waals surface area contributed by atoms with Crippen LogP contribution >= 0.6 is 27.3 Å². The third-order valence-corrected chi connectivity index (χ3v) is 6.30. The average Bonchev–Trinajstić information content (AvgIpc) is 3.41. The fourth-order valence-corrected chi connectivity index (χ4v) is 4.56. The molecule has 1 N–H and O–H groups in total. The highest BCUT2D eigenvalue weighted by Gasteiger charge is 2.44. The Labute approximate surface area is 169 Å². The Morgan fingerprint density at radius 1 is 1.30 bits per heavy atom. The van der Waals surface area contributed by atoms with Crippen LogP contribution in [0, 0.1) is 0 Å². The lowest BCUT2D eigenvalue weighted by molar-refractivity contribution is -0.131. The van der Waals surface area contributed by atoms with Crippen LogP contribution in [0.1, 0.15) is 34.1 Å². The van der Waals surface area contributed by atoms with Crippen LogP contribution in [-0.2, 0) is 9.53 Å². The maximum atomic E-state index is 13.1. The lowest BCUT2D eigenvalue weighted by Gasteiger charge is -2.28. The summed E-state index contributed by atoms with van der Waals surface area (Å²) in [6.45, 7) is 1.03. The Hall–Kier alpha value is -1.96. The van der Waals surface area contributed by atoms with Crippen LogP contribution in [0.3, 0.4) is 0 Å². The number of nitrogens with zero attached hydrogens (tertiary/aromatic N) is 1. The summed E-state index contributed by atoms with van der Waals surface area (Å²) in [6.07, 6.45) is 1.75. The van der Waals surface area contributed by atoms with Crippen molar-refractivity contribution in [3.63, 3.8) is 0 Å². The minimum atomic E-state index is -0.621. The number of hydrogen-bond donors (Lipinski definition) is 1. The number of ketones is 1. The van der Waals surface area contributed by atoms with Crippen molar-refractivity contribution in [3.05, 3.63) is 68.0 Å². The molecule has 0 spiro atoms. The molecule has 0 saturated carbocycles. The van der Waals surface area contributed by atoms with Crippen LogP contribution in [0.2, 0.25) is 0 Å². The molecule has 2 aliphatic heterocycles. The van der Waals surface area contributed by atoms with E-state index in [0.717, 1.165) is 22.9 Å². The van der Waals surface area contributed by atoms with Crippen molar-refractivity contribution in [1.82, 2.24) is 4.90 Å². The van der Waals surface area contributed by atoms with Gasteiger partial charge in [-0.2, -0.15) is 0 Å². The van der Waals surface area contributed by atoms with Gasteiger partial charge in [-0.15, -0.1) is 11.3 Å². The molecular weight excluding hydrogens is 430 g/mol. The van der Waals surface area contributed by atoms with E-state index in [-0.39, 0.29) is 17.5 Å². The molecule has 3 heterocycles. The van der Waals surface area contributed by atoms with Crippen LogP contribution in [-0.4, -0.2) is 41.0 Å². The zero-order valence-electron chi connectivity index (χ0n) is 14.4. The van der Waals surface area contributed by atoms with E-state index in [1.54, 1.807) is 22.4 Å². The van der Waals surface area contributed by atoms with E-state index in [1.165, 1.54) is 11.3 Å². The molecule has 0 aliphatic carbocycles. The maximum absolute atomic E-state index is 13.1. The Bertz CT molecular complexity index is 885. The molecule has 2 aromatic rings. The number of aliphatic hydroxyl groups is 1. The van der Waals surface area contributed by atoms with Gasteiger partial charge in [0.15, 0.2) is 5.76 Å². The molecule has 0 radical (unpaired) electrons. The van der Waals surface area contributed by atoms with Crippen LogP contribution < -0.4 is 0 Å². The molecule has 1 aromatic heterocycles. The number of benzene rings is 1. The van der Waals surface area contributed by atoms with Crippen molar-refractivity contribution in [1.29, 1.82) is 0 Å². The zero-order chi connectivity index (χ0) is 19.0. The molecule has 2 aliphatic rings. The summed E-state index contributed by atoms with van der Waals surface area (Å²) >= 11 is 4.71. The Kier molecular flexibility index (Phi) is 5.16. The van der Waals surface area contributed by atoms with Gasteiger partial charge in [0.1, 0.15) is 0 Å². The molecule has 4 rings (SSSR count). The highest BCUT2D eigenvalue weighted by Crippen LogP contribution is 2.40. The molecule has 1 saturated heterocycles. The number of Topliss-reactive ketones (excluding diaryl/α,β-unsaturated/α-hetero) is 1. The van der Waals surface area contributed by atoms with Gasteiger partial charge in [-0.25, -0.2) is 0 Å². The van der Waals surface area contributed by atoms with E-state index in [0.29, 0.717) is 18.0 Å². The minimum Gasteiger partial charge on any atom is -0.503 e. The zero-order valence-corrected chi connectivity index (χ0v) is 16.8. The normalized spacial score (nSPS) is 22.7. The van der Waals surface area contributed by atoms with E-state index in [2.05, 4.69) is 15.9 Å². The molecule has 27 heavy (non-hydrogen) atoms. The van der Waals surface area contributed by atoms with Crippen LogP contribution in [0.5, 0.6) is 0 Å². The molecule has 0 unspecified atom stereocenters. The monoisotopic (exact) mass is 447 g/mol.